The van der Waals surface area contributed by atoms with Crippen molar-refractivity contribution in [2.24, 2.45) is 5.92 Å². The van der Waals surface area contributed by atoms with Crippen molar-refractivity contribution < 1.29 is 19.5 Å². The monoisotopic (exact) mass is 508 g/mol. The van der Waals surface area contributed by atoms with Gasteiger partial charge in [0.05, 0.1) is 6.61 Å². The number of nitrogens with zero attached hydrogens (tertiary/aromatic N) is 1. The van der Waals surface area contributed by atoms with Crippen LogP contribution < -0.4 is 10.2 Å². The predicted octanol–water partition coefficient (Wildman–Crippen LogP) is 6.68. The Bertz CT molecular complexity index is 1000. The van der Waals surface area contributed by atoms with Gasteiger partial charge in [-0.25, -0.2) is 5.48 Å². The summed E-state index contributed by atoms with van der Waals surface area (Å²) in [7, 11) is 1.88. The van der Waals surface area contributed by atoms with Crippen molar-refractivity contribution in [2.45, 2.75) is 90.5 Å². The van der Waals surface area contributed by atoms with Crippen LogP contribution in [0.2, 0.25) is 0 Å². The number of benzene rings is 2. The molecule has 1 aliphatic carbocycles. The van der Waals surface area contributed by atoms with E-state index in [-0.39, 0.29) is 12.3 Å². The number of amides is 2. The molecule has 2 N–H and O–H groups in total. The van der Waals surface area contributed by atoms with E-state index < -0.39 is 5.91 Å². The molecular formula is C31H44N2O4. The molecule has 202 valence electrons. The predicted molar refractivity (Wildman–Crippen MR) is 147 cm³/mol. The van der Waals surface area contributed by atoms with E-state index in [0.717, 1.165) is 53.2 Å². The topological polar surface area (TPSA) is 78.9 Å². The number of ether oxygens (including phenoxy) is 1. The van der Waals surface area contributed by atoms with Gasteiger partial charge in [0.25, 0.3) is 0 Å². The number of rotatable bonds is 16. The van der Waals surface area contributed by atoms with Gasteiger partial charge in [-0.3, -0.25) is 14.8 Å². The first-order valence-electron chi connectivity index (χ1n) is 14.0. The second kappa shape index (κ2) is 15.4. The molecule has 1 aliphatic rings. The third-order valence-electron chi connectivity index (χ3n) is 7.40. The molecule has 1 saturated carbocycles. The lowest BCUT2D eigenvalue weighted by atomic mass is 9.83. The number of aryl methyl sites for hydroxylation is 1. The van der Waals surface area contributed by atoms with Crippen LogP contribution in [0.15, 0.2) is 42.5 Å². The van der Waals surface area contributed by atoms with Crippen molar-refractivity contribution in [1.29, 1.82) is 0 Å². The van der Waals surface area contributed by atoms with Gasteiger partial charge in [-0.05, 0) is 54.0 Å². The molecule has 2 aromatic carbocycles. The molecule has 3 rings (SSSR count). The fourth-order valence-corrected chi connectivity index (χ4v) is 4.78. The molecule has 0 heterocycles. The van der Waals surface area contributed by atoms with Crippen LogP contribution in [0, 0.1) is 5.92 Å². The smallest absolute Gasteiger partial charge is 0.243 e. The van der Waals surface area contributed by atoms with E-state index in [1.165, 1.54) is 38.5 Å². The molecular weight excluding hydrogens is 464 g/mol. The molecule has 0 atom stereocenters. The Balaban J connectivity index is 1.68. The van der Waals surface area contributed by atoms with Crippen LogP contribution in [0.4, 0.5) is 0 Å². The van der Waals surface area contributed by atoms with E-state index in [4.69, 9.17) is 9.94 Å². The molecule has 6 heteroatoms. The minimum Gasteiger partial charge on any atom is -0.493 e. The SMILES string of the molecule is CCCCCCCC(=O)N(C)Cc1cccc(-c2ccc(CCC(=O)NO)cc2OCCC2CCC2)c1. The summed E-state index contributed by atoms with van der Waals surface area (Å²) in [4.78, 5) is 25.9. The third kappa shape index (κ3) is 9.51. The first-order valence-corrected chi connectivity index (χ1v) is 14.0. The maximum Gasteiger partial charge on any atom is 0.243 e. The number of hydrogen-bond donors (Lipinski definition) is 2. The maximum atomic E-state index is 12.6. The summed E-state index contributed by atoms with van der Waals surface area (Å²) < 4.78 is 6.29. The highest BCUT2D eigenvalue weighted by Gasteiger charge is 2.18. The summed E-state index contributed by atoms with van der Waals surface area (Å²) in [5, 5.41) is 8.80. The van der Waals surface area contributed by atoms with Gasteiger partial charge < -0.3 is 9.64 Å². The number of unbranched alkanes of at least 4 members (excludes halogenated alkanes) is 4. The van der Waals surface area contributed by atoms with Crippen molar-refractivity contribution in [2.75, 3.05) is 13.7 Å². The molecule has 0 radical (unpaired) electrons. The average molecular weight is 509 g/mol. The quantitative estimate of drug-likeness (QED) is 0.151. The lowest BCUT2D eigenvalue weighted by molar-refractivity contribution is -0.130. The van der Waals surface area contributed by atoms with Crippen molar-refractivity contribution >= 4 is 11.8 Å². The molecule has 6 nitrogen and oxygen atoms in total. The minimum absolute atomic E-state index is 0.193. The van der Waals surface area contributed by atoms with Gasteiger partial charge in [0.1, 0.15) is 5.75 Å². The Labute approximate surface area is 222 Å². The molecule has 2 aromatic rings. The Morgan fingerprint density at radius 2 is 1.84 bits per heavy atom. The summed E-state index contributed by atoms with van der Waals surface area (Å²) in [6, 6.07) is 14.4. The van der Waals surface area contributed by atoms with E-state index in [9.17, 15) is 9.59 Å². The lowest BCUT2D eigenvalue weighted by Crippen LogP contribution is -2.25. The normalized spacial score (nSPS) is 13.2. The van der Waals surface area contributed by atoms with Gasteiger partial charge in [0, 0.05) is 32.0 Å². The zero-order chi connectivity index (χ0) is 26.5. The lowest BCUT2D eigenvalue weighted by Gasteiger charge is -2.25. The molecule has 2 amide bonds. The fourth-order valence-electron chi connectivity index (χ4n) is 4.78. The molecule has 1 fully saturated rings. The number of carbonyl (C=O) groups excluding carboxylic acids is 2. The van der Waals surface area contributed by atoms with Crippen molar-refractivity contribution in [1.82, 2.24) is 10.4 Å². The van der Waals surface area contributed by atoms with Gasteiger partial charge in [-0.2, -0.15) is 0 Å². The average Bonchev–Trinajstić information content (AvgIpc) is 2.88. The van der Waals surface area contributed by atoms with Crippen molar-refractivity contribution in [3.63, 3.8) is 0 Å². The maximum absolute atomic E-state index is 12.6. The highest BCUT2D eigenvalue weighted by molar-refractivity contribution is 5.76. The Kier molecular flexibility index (Phi) is 12.0. The molecule has 0 aliphatic heterocycles. The molecule has 37 heavy (non-hydrogen) atoms. The van der Waals surface area contributed by atoms with Gasteiger partial charge in [-0.15, -0.1) is 0 Å². The second-order valence-corrected chi connectivity index (χ2v) is 10.4. The molecule has 0 bridgehead atoms. The van der Waals surface area contributed by atoms with Gasteiger partial charge in [-0.1, -0.05) is 82.2 Å². The van der Waals surface area contributed by atoms with Crippen LogP contribution in [-0.4, -0.2) is 35.6 Å². The third-order valence-corrected chi connectivity index (χ3v) is 7.40. The van der Waals surface area contributed by atoms with Gasteiger partial charge >= 0.3 is 0 Å². The Hall–Kier alpha value is -2.86. The van der Waals surface area contributed by atoms with Gasteiger partial charge in [0.15, 0.2) is 0 Å². The largest absolute Gasteiger partial charge is 0.493 e. The van der Waals surface area contributed by atoms with E-state index >= 15 is 0 Å². The highest BCUT2D eigenvalue weighted by Crippen LogP contribution is 2.34. The van der Waals surface area contributed by atoms with E-state index in [1.807, 2.05) is 30.1 Å². The van der Waals surface area contributed by atoms with Crippen LogP contribution in [0.1, 0.15) is 88.7 Å². The number of carbonyl (C=O) groups is 2. The molecule has 0 saturated heterocycles. The highest BCUT2D eigenvalue weighted by atomic mass is 16.5. The zero-order valence-electron chi connectivity index (χ0n) is 22.6. The minimum atomic E-state index is -0.399. The number of hydrogen-bond acceptors (Lipinski definition) is 4. The number of nitrogens with one attached hydrogen (secondary N) is 1. The summed E-state index contributed by atoms with van der Waals surface area (Å²) in [6.45, 7) is 3.45. The van der Waals surface area contributed by atoms with E-state index in [1.54, 1.807) is 5.48 Å². The Morgan fingerprint density at radius 3 is 2.57 bits per heavy atom. The molecule has 0 spiro atoms. The second-order valence-electron chi connectivity index (χ2n) is 10.4. The Morgan fingerprint density at radius 1 is 1.03 bits per heavy atom. The van der Waals surface area contributed by atoms with Crippen LogP contribution in [-0.2, 0) is 22.6 Å². The number of hydroxylamine groups is 1. The standard InChI is InChI=1S/C31H44N2O4/c1-3-4-5-6-7-14-31(35)33(2)23-26-12-9-13-27(21-26)28-17-15-25(16-18-30(34)32-36)22-29(28)37-20-19-24-10-8-11-24/h9,12-13,15,17,21-22,24,36H,3-8,10-11,14,16,18-20,23H2,1-2H3,(H,32,34). The zero-order valence-corrected chi connectivity index (χ0v) is 22.6. The fraction of sp³-hybridized carbons (Fsp3) is 0.548. The first kappa shape index (κ1) is 28.7. The van der Waals surface area contributed by atoms with Crippen LogP contribution in [0.3, 0.4) is 0 Å². The summed E-state index contributed by atoms with van der Waals surface area (Å²) in [6.07, 6.45) is 12.0. The summed E-state index contributed by atoms with van der Waals surface area (Å²) in [5.41, 5.74) is 5.84. The van der Waals surface area contributed by atoms with Crippen molar-refractivity contribution in [3.8, 4) is 16.9 Å². The van der Waals surface area contributed by atoms with Gasteiger partial charge in [0.2, 0.25) is 11.8 Å². The first-order chi connectivity index (χ1) is 18.0. The molecule has 0 aromatic heterocycles. The van der Waals surface area contributed by atoms with E-state index in [2.05, 4.69) is 31.2 Å². The van der Waals surface area contributed by atoms with Crippen molar-refractivity contribution in [3.05, 3.63) is 53.6 Å². The van der Waals surface area contributed by atoms with Crippen LogP contribution >= 0.6 is 0 Å². The van der Waals surface area contributed by atoms with Crippen LogP contribution in [0.25, 0.3) is 11.1 Å². The molecule has 0 unspecified atom stereocenters. The van der Waals surface area contributed by atoms with E-state index in [0.29, 0.717) is 26.0 Å². The van der Waals surface area contributed by atoms with Crippen LogP contribution in [0.5, 0.6) is 5.75 Å². The summed E-state index contributed by atoms with van der Waals surface area (Å²) >= 11 is 0. The summed E-state index contributed by atoms with van der Waals surface area (Å²) in [5.74, 6) is 1.37.